The van der Waals surface area contributed by atoms with Crippen LogP contribution in [0.25, 0.3) is 0 Å². The molecule has 2 saturated heterocycles. The largest absolute Gasteiger partial charge is 0.492 e. The van der Waals surface area contributed by atoms with E-state index in [2.05, 4.69) is 21.9 Å². The summed E-state index contributed by atoms with van der Waals surface area (Å²) in [6, 6.07) is 14.1. The van der Waals surface area contributed by atoms with Gasteiger partial charge < -0.3 is 19.3 Å². The number of nitrogens with zero attached hydrogens (tertiary/aromatic N) is 2. The molecule has 4 rings (SSSR count). The van der Waals surface area contributed by atoms with E-state index in [1.165, 1.54) is 38.1 Å². The van der Waals surface area contributed by atoms with E-state index in [0.29, 0.717) is 32.1 Å². The second-order valence-corrected chi connectivity index (χ2v) is 8.77. The van der Waals surface area contributed by atoms with Gasteiger partial charge in [-0.3, -0.25) is 9.80 Å². The molecular weight excluding hydrogens is 411 g/mol. The quantitative estimate of drug-likeness (QED) is 0.642. The first-order chi connectivity index (χ1) is 15.6. The molecular formula is C25H33FN2O4. The van der Waals surface area contributed by atoms with Crippen molar-refractivity contribution in [2.45, 2.75) is 25.0 Å². The molecule has 0 spiro atoms. The molecule has 32 heavy (non-hydrogen) atoms. The van der Waals surface area contributed by atoms with E-state index in [0.717, 1.165) is 24.4 Å². The number of β-amino-alcohol motifs (C(OH)–C–C–N with tert-alkyl or cyclic N) is 1. The number of rotatable bonds is 9. The van der Waals surface area contributed by atoms with Crippen LogP contribution in [-0.4, -0.2) is 79.7 Å². The predicted octanol–water partition coefficient (Wildman–Crippen LogP) is 2.94. The zero-order valence-electron chi connectivity index (χ0n) is 18.5. The fraction of sp³-hybridized carbons (Fsp3) is 0.520. The lowest BCUT2D eigenvalue weighted by Crippen LogP contribution is -2.48. The van der Waals surface area contributed by atoms with Crippen LogP contribution < -0.4 is 9.47 Å². The van der Waals surface area contributed by atoms with Crippen LogP contribution >= 0.6 is 0 Å². The van der Waals surface area contributed by atoms with Crippen molar-refractivity contribution in [3.63, 3.8) is 0 Å². The molecule has 2 heterocycles. The van der Waals surface area contributed by atoms with Crippen LogP contribution in [0.3, 0.4) is 0 Å². The third kappa shape index (κ3) is 6.90. The number of benzene rings is 2. The minimum absolute atomic E-state index is 0.0384. The van der Waals surface area contributed by atoms with Crippen molar-refractivity contribution in [3.8, 4) is 11.5 Å². The zero-order chi connectivity index (χ0) is 22.2. The summed E-state index contributed by atoms with van der Waals surface area (Å²) in [6.45, 7) is 6.64. The van der Waals surface area contributed by atoms with Crippen LogP contribution in [0, 0.1) is 5.82 Å². The molecule has 2 aromatic rings. The third-order valence-corrected chi connectivity index (χ3v) is 5.95. The van der Waals surface area contributed by atoms with Gasteiger partial charge in [-0.05, 0) is 55.8 Å². The molecule has 2 aliphatic heterocycles. The summed E-state index contributed by atoms with van der Waals surface area (Å²) in [5.41, 5.74) is -0.0197. The van der Waals surface area contributed by atoms with Crippen molar-refractivity contribution in [1.29, 1.82) is 0 Å². The first kappa shape index (κ1) is 23.0. The summed E-state index contributed by atoms with van der Waals surface area (Å²) >= 11 is 0. The van der Waals surface area contributed by atoms with E-state index in [1.54, 1.807) is 12.1 Å². The molecule has 6 nitrogen and oxygen atoms in total. The highest BCUT2D eigenvalue weighted by atomic mass is 19.1. The van der Waals surface area contributed by atoms with Gasteiger partial charge in [0.05, 0.1) is 13.2 Å². The summed E-state index contributed by atoms with van der Waals surface area (Å²) in [6.07, 6.45) is 2.59. The van der Waals surface area contributed by atoms with E-state index in [4.69, 9.17) is 14.2 Å². The third-order valence-electron chi connectivity index (χ3n) is 5.95. The smallest absolute Gasteiger partial charge is 0.134 e. The maximum absolute atomic E-state index is 13.4. The van der Waals surface area contributed by atoms with E-state index >= 15 is 0 Å². The minimum Gasteiger partial charge on any atom is -0.492 e. The summed E-state index contributed by atoms with van der Waals surface area (Å²) in [5, 5.41) is 11.1. The van der Waals surface area contributed by atoms with Crippen molar-refractivity contribution >= 4 is 0 Å². The normalized spacial score (nSPS) is 22.6. The van der Waals surface area contributed by atoms with Crippen molar-refractivity contribution in [1.82, 2.24) is 9.80 Å². The average molecular weight is 445 g/mol. The molecule has 0 aliphatic carbocycles. The standard InChI is InChI=1S/C25H33FN2O4/c26-22-4-3-5-24(16-22)32-20-25(29)18-28(12-14-30-19-25)17-21-6-8-23(9-7-21)31-15-13-27-10-1-2-11-27/h3-9,16,29H,1-2,10-15,17-20H2/t25-/m1/s1. The Kier molecular flexibility index (Phi) is 7.97. The van der Waals surface area contributed by atoms with Crippen molar-refractivity contribution in [2.75, 3.05) is 59.2 Å². The second kappa shape index (κ2) is 11.1. The molecule has 7 heteroatoms. The van der Waals surface area contributed by atoms with E-state index in [1.807, 2.05) is 12.1 Å². The molecule has 0 radical (unpaired) electrons. The topological polar surface area (TPSA) is 54.4 Å². The van der Waals surface area contributed by atoms with Gasteiger partial charge in [-0.1, -0.05) is 18.2 Å². The van der Waals surface area contributed by atoms with Crippen molar-refractivity contribution in [2.24, 2.45) is 0 Å². The number of halogens is 1. The first-order valence-corrected chi connectivity index (χ1v) is 11.4. The van der Waals surface area contributed by atoms with Crippen LogP contribution in [-0.2, 0) is 11.3 Å². The highest BCUT2D eigenvalue weighted by Crippen LogP contribution is 2.20. The van der Waals surface area contributed by atoms with Gasteiger partial charge in [0.25, 0.3) is 0 Å². The van der Waals surface area contributed by atoms with Crippen molar-refractivity contribution < 1.29 is 23.7 Å². The molecule has 174 valence electrons. The fourth-order valence-corrected chi connectivity index (χ4v) is 4.24. The van der Waals surface area contributed by atoms with Gasteiger partial charge >= 0.3 is 0 Å². The Balaban J connectivity index is 1.26. The zero-order valence-corrected chi connectivity index (χ0v) is 18.5. The second-order valence-electron chi connectivity index (χ2n) is 8.77. The van der Waals surface area contributed by atoms with Gasteiger partial charge in [-0.2, -0.15) is 0 Å². The molecule has 2 aliphatic rings. The lowest BCUT2D eigenvalue weighted by molar-refractivity contribution is -0.0647. The minimum atomic E-state index is -1.17. The monoisotopic (exact) mass is 444 g/mol. The average Bonchev–Trinajstić information content (AvgIpc) is 3.23. The number of likely N-dealkylation sites (tertiary alicyclic amines) is 1. The van der Waals surface area contributed by atoms with Crippen LogP contribution in [0.5, 0.6) is 11.5 Å². The number of hydrogen-bond acceptors (Lipinski definition) is 6. The lowest BCUT2D eigenvalue weighted by atomic mass is 10.1. The molecule has 0 aromatic heterocycles. The van der Waals surface area contributed by atoms with Gasteiger partial charge in [-0.25, -0.2) is 4.39 Å². The van der Waals surface area contributed by atoms with Crippen LogP contribution in [0.2, 0.25) is 0 Å². The molecule has 2 fully saturated rings. The molecule has 1 atom stereocenters. The van der Waals surface area contributed by atoms with Crippen LogP contribution in [0.4, 0.5) is 4.39 Å². The molecule has 0 amide bonds. The molecule has 0 saturated carbocycles. The Hall–Kier alpha value is -2.19. The molecule has 0 unspecified atom stereocenters. The molecule has 1 N–H and O–H groups in total. The van der Waals surface area contributed by atoms with Crippen LogP contribution in [0.15, 0.2) is 48.5 Å². The summed E-state index contributed by atoms with van der Waals surface area (Å²) in [7, 11) is 0. The van der Waals surface area contributed by atoms with E-state index < -0.39 is 5.60 Å². The number of aliphatic hydroxyl groups is 1. The highest BCUT2D eigenvalue weighted by molar-refractivity contribution is 5.27. The van der Waals surface area contributed by atoms with Gasteiger partial charge in [-0.15, -0.1) is 0 Å². The van der Waals surface area contributed by atoms with Gasteiger partial charge in [0.1, 0.15) is 36.1 Å². The predicted molar refractivity (Wildman–Crippen MR) is 121 cm³/mol. The Bertz CT molecular complexity index is 844. The summed E-state index contributed by atoms with van der Waals surface area (Å²) in [4.78, 5) is 4.60. The summed E-state index contributed by atoms with van der Waals surface area (Å²) < 4.78 is 30.6. The first-order valence-electron chi connectivity index (χ1n) is 11.4. The Morgan fingerprint density at radius 1 is 0.969 bits per heavy atom. The van der Waals surface area contributed by atoms with E-state index in [9.17, 15) is 9.50 Å². The summed E-state index contributed by atoms with van der Waals surface area (Å²) in [5.74, 6) is 0.915. The maximum atomic E-state index is 13.4. The fourth-order valence-electron chi connectivity index (χ4n) is 4.24. The van der Waals surface area contributed by atoms with Gasteiger partial charge in [0, 0.05) is 32.2 Å². The van der Waals surface area contributed by atoms with Crippen LogP contribution in [0.1, 0.15) is 18.4 Å². The van der Waals surface area contributed by atoms with Gasteiger partial charge in [0.2, 0.25) is 0 Å². The Morgan fingerprint density at radius 3 is 2.56 bits per heavy atom. The highest BCUT2D eigenvalue weighted by Gasteiger charge is 2.33. The number of ether oxygens (including phenoxy) is 3. The van der Waals surface area contributed by atoms with Crippen molar-refractivity contribution in [3.05, 3.63) is 59.9 Å². The van der Waals surface area contributed by atoms with Gasteiger partial charge in [0.15, 0.2) is 0 Å². The van der Waals surface area contributed by atoms with E-state index in [-0.39, 0.29) is 19.0 Å². The molecule has 2 aromatic carbocycles. The molecule has 0 bridgehead atoms. The Morgan fingerprint density at radius 2 is 1.78 bits per heavy atom. The SMILES string of the molecule is O[C@@]1(COc2cccc(F)c2)COCCN(Cc2ccc(OCCN3CCCC3)cc2)C1. The number of hydrogen-bond donors (Lipinski definition) is 1. The maximum Gasteiger partial charge on any atom is 0.134 e. The lowest BCUT2D eigenvalue weighted by Gasteiger charge is -2.30. The Labute approximate surface area is 189 Å².